The molecule has 150 valence electrons. The fourth-order valence-electron chi connectivity index (χ4n) is 3.41. The second kappa shape index (κ2) is 9.94. The highest BCUT2D eigenvalue weighted by molar-refractivity contribution is 5.99. The van der Waals surface area contributed by atoms with Crippen molar-refractivity contribution >= 4 is 11.1 Å². The molecule has 0 unspecified atom stereocenters. The number of para-hydroxylation sites is 1. The van der Waals surface area contributed by atoms with Crippen molar-refractivity contribution in [3.8, 4) is 11.5 Å². The lowest BCUT2D eigenvalue weighted by atomic mass is 9.88. The topological polar surface area (TPSA) is 32.7 Å². The molecule has 3 aromatic carbocycles. The third kappa shape index (κ3) is 5.27. The summed E-state index contributed by atoms with van der Waals surface area (Å²) >= 11 is 0. The summed E-state index contributed by atoms with van der Waals surface area (Å²) in [5.74, 6) is 1.14. The molecule has 1 N–H and O–H groups in total. The number of aromatic hydroxyl groups is 1. The third-order valence-electron chi connectivity index (χ3n) is 4.90. The Bertz CT molecular complexity index is 944. The predicted octanol–water partition coefficient (Wildman–Crippen LogP) is 5.70. The summed E-state index contributed by atoms with van der Waals surface area (Å²) in [6.45, 7) is 3.68. The first-order valence-electron chi connectivity index (χ1n) is 10.0. The van der Waals surface area contributed by atoms with Gasteiger partial charge in [-0.15, -0.1) is 0 Å². The monoisotopic (exact) mass is 387 g/mol. The summed E-state index contributed by atoms with van der Waals surface area (Å²) in [6, 6.07) is 26.1. The van der Waals surface area contributed by atoms with Gasteiger partial charge in [0.25, 0.3) is 0 Å². The molecular weight excluding hydrogens is 358 g/mol. The molecule has 3 heteroatoms. The third-order valence-corrected chi connectivity index (χ3v) is 4.90. The summed E-state index contributed by atoms with van der Waals surface area (Å²) in [4.78, 5) is 2.10. The van der Waals surface area contributed by atoms with Gasteiger partial charge in [0.15, 0.2) is 0 Å². The molecule has 3 aromatic rings. The number of phenolic OH excluding ortho intramolecular Hbond substituents is 1. The Morgan fingerprint density at radius 2 is 1.48 bits per heavy atom. The molecule has 0 bridgehead atoms. The van der Waals surface area contributed by atoms with Gasteiger partial charge >= 0.3 is 0 Å². The molecule has 0 radical (unpaired) electrons. The molecule has 0 atom stereocenters. The number of hydrogen-bond donors (Lipinski definition) is 1. The quantitative estimate of drug-likeness (QED) is 0.503. The first-order valence-corrected chi connectivity index (χ1v) is 10.0. The van der Waals surface area contributed by atoms with Gasteiger partial charge in [-0.05, 0) is 61.0 Å². The maximum absolute atomic E-state index is 10.6. The summed E-state index contributed by atoms with van der Waals surface area (Å²) in [7, 11) is 4.07. The SMILES string of the molecule is CC/C(=C(\c1ccc(OCCN(C)C)cc1)c1ccccc1O)c1ccccc1. The van der Waals surface area contributed by atoms with Crippen LogP contribution in [0.1, 0.15) is 30.0 Å². The number of nitrogens with zero attached hydrogens (tertiary/aromatic N) is 1. The van der Waals surface area contributed by atoms with E-state index in [0.29, 0.717) is 6.61 Å². The van der Waals surface area contributed by atoms with Crippen molar-refractivity contribution in [1.82, 2.24) is 4.90 Å². The number of likely N-dealkylation sites (N-methyl/N-ethyl adjacent to an activating group) is 1. The molecule has 0 spiro atoms. The number of ether oxygens (including phenoxy) is 1. The van der Waals surface area contributed by atoms with Crippen molar-refractivity contribution in [2.24, 2.45) is 0 Å². The van der Waals surface area contributed by atoms with Crippen LogP contribution in [0.2, 0.25) is 0 Å². The number of hydrogen-bond acceptors (Lipinski definition) is 3. The zero-order valence-electron chi connectivity index (χ0n) is 17.4. The molecule has 0 amide bonds. The second-order valence-corrected chi connectivity index (χ2v) is 7.27. The highest BCUT2D eigenvalue weighted by Crippen LogP contribution is 2.38. The maximum Gasteiger partial charge on any atom is 0.123 e. The van der Waals surface area contributed by atoms with E-state index in [9.17, 15) is 5.11 Å². The van der Waals surface area contributed by atoms with Gasteiger partial charge in [0.2, 0.25) is 0 Å². The number of phenols is 1. The molecule has 0 aliphatic rings. The normalized spacial score (nSPS) is 12.0. The Hall–Kier alpha value is -3.04. The largest absolute Gasteiger partial charge is 0.507 e. The van der Waals surface area contributed by atoms with E-state index in [2.05, 4.69) is 48.2 Å². The standard InChI is InChI=1S/C26H29NO2/c1-4-23(20-10-6-5-7-11-20)26(24-12-8-9-13-25(24)28)21-14-16-22(17-15-21)29-19-18-27(2)3/h5-17,28H,4,18-19H2,1-3H3/b26-23-. The van der Waals surface area contributed by atoms with E-state index in [4.69, 9.17) is 4.74 Å². The van der Waals surface area contributed by atoms with Gasteiger partial charge in [0, 0.05) is 12.1 Å². The number of rotatable bonds is 8. The van der Waals surface area contributed by atoms with Gasteiger partial charge in [-0.25, -0.2) is 0 Å². The van der Waals surface area contributed by atoms with Crippen molar-refractivity contribution in [3.05, 3.63) is 95.6 Å². The van der Waals surface area contributed by atoms with Crippen LogP contribution < -0.4 is 4.74 Å². The van der Waals surface area contributed by atoms with Gasteiger partial charge in [0.05, 0.1) is 0 Å². The van der Waals surface area contributed by atoms with Crippen LogP contribution in [-0.2, 0) is 0 Å². The molecule has 0 saturated heterocycles. The lowest BCUT2D eigenvalue weighted by molar-refractivity contribution is 0.261. The molecule has 3 nitrogen and oxygen atoms in total. The highest BCUT2D eigenvalue weighted by atomic mass is 16.5. The predicted molar refractivity (Wildman–Crippen MR) is 121 cm³/mol. The van der Waals surface area contributed by atoms with Crippen molar-refractivity contribution in [2.45, 2.75) is 13.3 Å². The van der Waals surface area contributed by atoms with Crippen molar-refractivity contribution < 1.29 is 9.84 Å². The van der Waals surface area contributed by atoms with Crippen LogP contribution in [0.15, 0.2) is 78.9 Å². The first kappa shape index (κ1) is 20.7. The minimum atomic E-state index is 0.288. The Morgan fingerprint density at radius 3 is 2.10 bits per heavy atom. The van der Waals surface area contributed by atoms with E-state index in [1.165, 1.54) is 11.1 Å². The van der Waals surface area contributed by atoms with E-state index in [1.54, 1.807) is 6.07 Å². The molecule has 29 heavy (non-hydrogen) atoms. The van der Waals surface area contributed by atoms with E-state index in [-0.39, 0.29) is 5.75 Å². The van der Waals surface area contributed by atoms with Crippen molar-refractivity contribution in [3.63, 3.8) is 0 Å². The molecule has 0 saturated carbocycles. The summed E-state index contributed by atoms with van der Waals surface area (Å²) < 4.78 is 5.85. The minimum Gasteiger partial charge on any atom is -0.507 e. The van der Waals surface area contributed by atoms with Crippen LogP contribution in [0, 0.1) is 0 Å². The summed E-state index contributed by atoms with van der Waals surface area (Å²) in [6.07, 6.45) is 0.856. The van der Waals surface area contributed by atoms with Gasteiger partial charge in [0.1, 0.15) is 18.1 Å². The molecule has 0 aliphatic carbocycles. The molecule has 0 aliphatic heterocycles. The number of benzene rings is 3. The van der Waals surface area contributed by atoms with Crippen molar-refractivity contribution in [1.29, 1.82) is 0 Å². The van der Waals surface area contributed by atoms with Crippen LogP contribution in [-0.4, -0.2) is 37.3 Å². The van der Waals surface area contributed by atoms with E-state index in [0.717, 1.165) is 35.4 Å². The van der Waals surface area contributed by atoms with E-state index >= 15 is 0 Å². The van der Waals surface area contributed by atoms with Crippen LogP contribution >= 0.6 is 0 Å². The number of allylic oxidation sites excluding steroid dienone is 1. The molecule has 3 rings (SSSR count). The lowest BCUT2D eigenvalue weighted by Gasteiger charge is -2.18. The first-order chi connectivity index (χ1) is 14.1. The average Bonchev–Trinajstić information content (AvgIpc) is 2.74. The Morgan fingerprint density at radius 1 is 0.828 bits per heavy atom. The Labute approximate surface area is 173 Å². The molecule has 0 fully saturated rings. The van der Waals surface area contributed by atoms with Crippen molar-refractivity contribution in [2.75, 3.05) is 27.2 Å². The fourth-order valence-corrected chi connectivity index (χ4v) is 3.41. The van der Waals surface area contributed by atoms with Gasteiger partial charge in [-0.2, -0.15) is 0 Å². The van der Waals surface area contributed by atoms with Crippen LogP contribution in [0.5, 0.6) is 11.5 Å². The molecule has 0 heterocycles. The summed E-state index contributed by atoms with van der Waals surface area (Å²) in [5.41, 5.74) is 5.33. The highest BCUT2D eigenvalue weighted by Gasteiger charge is 2.15. The van der Waals surface area contributed by atoms with Gasteiger partial charge < -0.3 is 14.7 Å². The van der Waals surface area contributed by atoms with Gasteiger partial charge in [-0.3, -0.25) is 0 Å². The lowest BCUT2D eigenvalue weighted by Crippen LogP contribution is -2.19. The second-order valence-electron chi connectivity index (χ2n) is 7.27. The van der Waals surface area contributed by atoms with Crippen LogP contribution in [0.25, 0.3) is 11.1 Å². The zero-order valence-corrected chi connectivity index (χ0v) is 17.4. The molecule has 0 aromatic heterocycles. The smallest absolute Gasteiger partial charge is 0.123 e. The fraction of sp³-hybridized carbons (Fsp3) is 0.231. The minimum absolute atomic E-state index is 0.288. The van der Waals surface area contributed by atoms with E-state index < -0.39 is 0 Å². The van der Waals surface area contributed by atoms with Gasteiger partial charge in [-0.1, -0.05) is 67.6 Å². The zero-order chi connectivity index (χ0) is 20.6. The Kier molecular flexibility index (Phi) is 7.09. The van der Waals surface area contributed by atoms with Crippen LogP contribution in [0.4, 0.5) is 0 Å². The van der Waals surface area contributed by atoms with Crippen LogP contribution in [0.3, 0.4) is 0 Å². The molecular formula is C26H29NO2. The summed E-state index contributed by atoms with van der Waals surface area (Å²) in [5, 5.41) is 10.6. The Balaban J connectivity index is 2.05. The van der Waals surface area contributed by atoms with E-state index in [1.807, 2.05) is 50.5 Å². The average molecular weight is 388 g/mol. The maximum atomic E-state index is 10.6.